The maximum Gasteiger partial charge on any atom is 0.328 e. The molecule has 0 spiro atoms. The molecule has 90 valence electrons. The van der Waals surface area contributed by atoms with Gasteiger partial charge in [-0.1, -0.05) is 6.07 Å². The Bertz CT molecular complexity index is 451. The van der Waals surface area contributed by atoms with Crippen molar-refractivity contribution in [2.75, 3.05) is 18.0 Å². The van der Waals surface area contributed by atoms with Gasteiger partial charge in [-0.05, 0) is 52.5 Å². The summed E-state index contributed by atoms with van der Waals surface area (Å²) in [6.45, 7) is 2.20. The van der Waals surface area contributed by atoms with Crippen LogP contribution in [0.4, 0.5) is 5.69 Å². The molecule has 0 radical (unpaired) electrons. The average molecular weight is 296 g/mol. The SMILES string of the molecule is O=C(O)/C=C/c1ccc(N2CCCC2)c(Br)c1. The normalized spacial score (nSPS) is 15.7. The number of rotatable bonds is 3. The van der Waals surface area contributed by atoms with Gasteiger partial charge in [-0.2, -0.15) is 0 Å². The van der Waals surface area contributed by atoms with Crippen molar-refractivity contribution in [3.63, 3.8) is 0 Å². The molecule has 1 heterocycles. The molecule has 0 atom stereocenters. The molecule has 0 aliphatic carbocycles. The molecule has 1 saturated heterocycles. The minimum absolute atomic E-state index is 0.891. The molecule has 3 nitrogen and oxygen atoms in total. The average Bonchev–Trinajstić information content (AvgIpc) is 2.79. The third kappa shape index (κ3) is 3.09. The van der Waals surface area contributed by atoms with Gasteiger partial charge in [0.1, 0.15) is 0 Å². The van der Waals surface area contributed by atoms with E-state index in [4.69, 9.17) is 5.11 Å². The number of carboxylic acids is 1. The Morgan fingerprint density at radius 3 is 2.65 bits per heavy atom. The van der Waals surface area contributed by atoms with Crippen LogP contribution in [0.2, 0.25) is 0 Å². The first kappa shape index (κ1) is 12.2. The minimum atomic E-state index is -0.926. The van der Waals surface area contributed by atoms with E-state index in [1.54, 1.807) is 6.08 Å². The molecule has 0 bridgehead atoms. The number of anilines is 1. The molecule has 1 aromatic carbocycles. The van der Waals surface area contributed by atoms with Crippen LogP contribution in [0.15, 0.2) is 28.7 Å². The number of benzene rings is 1. The molecule has 0 saturated carbocycles. The molecule has 0 unspecified atom stereocenters. The van der Waals surface area contributed by atoms with E-state index >= 15 is 0 Å². The van der Waals surface area contributed by atoms with Crippen LogP contribution in [-0.2, 0) is 4.79 Å². The number of aliphatic carboxylic acids is 1. The summed E-state index contributed by atoms with van der Waals surface area (Å²) in [7, 11) is 0. The summed E-state index contributed by atoms with van der Waals surface area (Å²) < 4.78 is 1.02. The maximum absolute atomic E-state index is 10.4. The number of carboxylic acid groups (broad SMARTS) is 1. The third-order valence-corrected chi connectivity index (χ3v) is 3.47. The monoisotopic (exact) mass is 295 g/mol. The standard InChI is InChI=1S/C13H14BrNO2/c14-11-9-10(4-6-13(16)17)3-5-12(11)15-7-1-2-8-15/h3-6,9H,1-2,7-8H2,(H,16,17)/b6-4+. The van der Waals surface area contributed by atoms with Crippen molar-refractivity contribution in [2.24, 2.45) is 0 Å². The van der Waals surface area contributed by atoms with Gasteiger partial charge in [-0.3, -0.25) is 0 Å². The molecule has 1 N–H and O–H groups in total. The molecule has 1 aliphatic rings. The first-order valence-corrected chi connectivity index (χ1v) is 6.41. The molecule has 1 aromatic rings. The Hall–Kier alpha value is -1.29. The van der Waals surface area contributed by atoms with Gasteiger partial charge < -0.3 is 10.0 Å². The van der Waals surface area contributed by atoms with E-state index in [-0.39, 0.29) is 0 Å². The third-order valence-electron chi connectivity index (χ3n) is 2.84. The van der Waals surface area contributed by atoms with Crippen molar-refractivity contribution in [3.05, 3.63) is 34.3 Å². The smallest absolute Gasteiger partial charge is 0.328 e. The van der Waals surface area contributed by atoms with Crippen LogP contribution in [0.25, 0.3) is 6.08 Å². The summed E-state index contributed by atoms with van der Waals surface area (Å²) in [5.74, 6) is -0.926. The molecule has 17 heavy (non-hydrogen) atoms. The van der Waals surface area contributed by atoms with Gasteiger partial charge in [0.2, 0.25) is 0 Å². The summed E-state index contributed by atoms with van der Waals surface area (Å²) in [5, 5.41) is 8.56. The Labute approximate surface area is 109 Å². The molecule has 0 aromatic heterocycles. The minimum Gasteiger partial charge on any atom is -0.478 e. The largest absolute Gasteiger partial charge is 0.478 e. The zero-order valence-electron chi connectivity index (χ0n) is 9.40. The highest BCUT2D eigenvalue weighted by Gasteiger charge is 2.14. The lowest BCUT2D eigenvalue weighted by molar-refractivity contribution is -0.131. The number of carbonyl (C=O) groups is 1. The molecule has 4 heteroatoms. The van der Waals surface area contributed by atoms with E-state index < -0.39 is 5.97 Å². The first-order valence-electron chi connectivity index (χ1n) is 5.62. The molecule has 1 aliphatic heterocycles. The zero-order valence-corrected chi connectivity index (χ0v) is 11.0. The van der Waals surface area contributed by atoms with Gasteiger partial charge in [-0.15, -0.1) is 0 Å². The fourth-order valence-electron chi connectivity index (χ4n) is 2.01. The summed E-state index contributed by atoms with van der Waals surface area (Å²) in [5.41, 5.74) is 2.08. The second-order valence-corrected chi connectivity index (χ2v) is 4.93. The van der Waals surface area contributed by atoms with Gasteiger partial charge in [0.25, 0.3) is 0 Å². The van der Waals surface area contributed by atoms with Crippen molar-refractivity contribution < 1.29 is 9.90 Å². The number of hydrogen-bond donors (Lipinski definition) is 1. The van der Waals surface area contributed by atoms with Gasteiger partial charge in [0.15, 0.2) is 0 Å². The Balaban J connectivity index is 2.19. The molecular weight excluding hydrogens is 282 g/mol. The molecule has 1 fully saturated rings. The van der Waals surface area contributed by atoms with Crippen molar-refractivity contribution in [2.45, 2.75) is 12.8 Å². The Kier molecular flexibility index (Phi) is 3.84. The van der Waals surface area contributed by atoms with E-state index in [9.17, 15) is 4.79 Å². The first-order chi connectivity index (χ1) is 8.16. The fraction of sp³-hybridized carbons (Fsp3) is 0.308. The number of hydrogen-bond acceptors (Lipinski definition) is 2. The maximum atomic E-state index is 10.4. The molecular formula is C13H14BrNO2. The van der Waals surface area contributed by atoms with Crippen LogP contribution < -0.4 is 4.90 Å². The van der Waals surface area contributed by atoms with Gasteiger partial charge in [-0.25, -0.2) is 4.79 Å². The number of halogens is 1. The van der Waals surface area contributed by atoms with E-state index in [1.165, 1.54) is 18.5 Å². The Morgan fingerprint density at radius 2 is 2.06 bits per heavy atom. The summed E-state index contributed by atoms with van der Waals surface area (Å²) >= 11 is 3.54. The lowest BCUT2D eigenvalue weighted by Gasteiger charge is -2.19. The summed E-state index contributed by atoms with van der Waals surface area (Å²) in [6.07, 6.45) is 5.23. The second-order valence-electron chi connectivity index (χ2n) is 4.08. The van der Waals surface area contributed by atoms with Gasteiger partial charge >= 0.3 is 5.97 Å². The highest BCUT2D eigenvalue weighted by Crippen LogP contribution is 2.30. The summed E-state index contributed by atoms with van der Waals surface area (Å²) in [4.78, 5) is 12.8. The van der Waals surface area contributed by atoms with E-state index in [0.29, 0.717) is 0 Å². The second kappa shape index (κ2) is 5.36. The van der Waals surface area contributed by atoms with Crippen molar-refractivity contribution >= 4 is 33.7 Å². The van der Waals surface area contributed by atoms with Crippen LogP contribution in [0, 0.1) is 0 Å². The summed E-state index contributed by atoms with van der Waals surface area (Å²) in [6, 6.07) is 5.93. The highest BCUT2D eigenvalue weighted by atomic mass is 79.9. The van der Waals surface area contributed by atoms with Crippen LogP contribution in [-0.4, -0.2) is 24.2 Å². The lowest BCUT2D eigenvalue weighted by Crippen LogP contribution is -2.17. The molecule has 2 rings (SSSR count). The van der Waals surface area contributed by atoms with Crippen molar-refractivity contribution in [1.29, 1.82) is 0 Å². The van der Waals surface area contributed by atoms with Crippen molar-refractivity contribution in [3.8, 4) is 0 Å². The fourth-order valence-corrected chi connectivity index (χ4v) is 2.66. The quantitative estimate of drug-likeness (QED) is 0.871. The van der Waals surface area contributed by atoms with Crippen molar-refractivity contribution in [1.82, 2.24) is 0 Å². The molecule has 0 amide bonds. The topological polar surface area (TPSA) is 40.5 Å². The van der Waals surface area contributed by atoms with E-state index in [2.05, 4.69) is 20.8 Å². The van der Waals surface area contributed by atoms with E-state index in [1.807, 2.05) is 18.2 Å². The van der Waals surface area contributed by atoms with Gasteiger partial charge in [0, 0.05) is 23.6 Å². The predicted molar refractivity (Wildman–Crippen MR) is 72.3 cm³/mol. The lowest BCUT2D eigenvalue weighted by atomic mass is 10.2. The van der Waals surface area contributed by atoms with Crippen LogP contribution in [0.5, 0.6) is 0 Å². The highest BCUT2D eigenvalue weighted by molar-refractivity contribution is 9.10. The van der Waals surface area contributed by atoms with Crippen LogP contribution >= 0.6 is 15.9 Å². The van der Waals surface area contributed by atoms with Gasteiger partial charge in [0.05, 0.1) is 5.69 Å². The predicted octanol–water partition coefficient (Wildman–Crippen LogP) is 3.15. The van der Waals surface area contributed by atoms with Crippen LogP contribution in [0.1, 0.15) is 18.4 Å². The zero-order chi connectivity index (χ0) is 12.3. The van der Waals surface area contributed by atoms with Crippen LogP contribution in [0.3, 0.4) is 0 Å². The van der Waals surface area contributed by atoms with E-state index in [0.717, 1.165) is 29.2 Å². The Morgan fingerprint density at radius 1 is 1.35 bits per heavy atom. The number of nitrogens with zero attached hydrogens (tertiary/aromatic N) is 1.